The van der Waals surface area contributed by atoms with Gasteiger partial charge in [0, 0.05) is 39.5 Å². The van der Waals surface area contributed by atoms with E-state index in [2.05, 4.69) is 36.2 Å². The van der Waals surface area contributed by atoms with Gasteiger partial charge in [-0.2, -0.15) is 0 Å². The molecule has 0 aliphatic carbocycles. The molecule has 0 aliphatic heterocycles. The van der Waals surface area contributed by atoms with E-state index >= 15 is 0 Å². The van der Waals surface area contributed by atoms with Crippen molar-refractivity contribution in [3.05, 3.63) is 23.4 Å². The molecule has 0 bridgehead atoms. The van der Waals surface area contributed by atoms with E-state index in [1.807, 2.05) is 0 Å². The third-order valence-corrected chi connectivity index (χ3v) is 3.38. The molecule has 1 rings (SSSR count). The quantitative estimate of drug-likeness (QED) is 0.633. The fourth-order valence-corrected chi connectivity index (χ4v) is 2.08. The summed E-state index contributed by atoms with van der Waals surface area (Å²) in [6.45, 7) is 9.16. The molecule has 0 spiro atoms. The average molecular weight is 295 g/mol. The molecule has 1 aromatic rings. The van der Waals surface area contributed by atoms with Gasteiger partial charge in [0.05, 0.1) is 13.2 Å². The van der Waals surface area contributed by atoms with Crippen molar-refractivity contribution < 1.29 is 9.47 Å². The van der Waals surface area contributed by atoms with Crippen molar-refractivity contribution in [2.75, 3.05) is 52.0 Å². The van der Waals surface area contributed by atoms with Gasteiger partial charge in [-0.3, -0.25) is 0 Å². The van der Waals surface area contributed by atoms with Crippen LogP contribution in [-0.4, -0.2) is 52.1 Å². The zero-order chi connectivity index (χ0) is 15.5. The molecule has 0 saturated carbocycles. The van der Waals surface area contributed by atoms with Gasteiger partial charge in [0.1, 0.15) is 5.82 Å². The van der Waals surface area contributed by atoms with Crippen molar-refractivity contribution in [1.29, 1.82) is 0 Å². The first-order valence-corrected chi connectivity index (χ1v) is 7.63. The number of hydrogen-bond acceptors (Lipinski definition) is 5. The van der Waals surface area contributed by atoms with E-state index in [0.29, 0.717) is 13.2 Å². The Morgan fingerprint density at radius 2 is 1.81 bits per heavy atom. The molecule has 0 radical (unpaired) electrons. The molecular weight excluding hydrogens is 266 g/mol. The highest BCUT2D eigenvalue weighted by Gasteiger charge is 2.09. The van der Waals surface area contributed by atoms with Crippen molar-refractivity contribution in [2.24, 2.45) is 0 Å². The van der Waals surface area contributed by atoms with E-state index in [1.165, 1.54) is 5.56 Å². The van der Waals surface area contributed by atoms with Gasteiger partial charge in [-0.25, -0.2) is 4.98 Å². The number of ether oxygens (including phenoxy) is 2. The SMILES string of the molecule is CCCNCc1ccc(N(CCOC)CCOC)nc1C. The molecule has 21 heavy (non-hydrogen) atoms. The Morgan fingerprint density at radius 3 is 2.33 bits per heavy atom. The first-order chi connectivity index (χ1) is 10.2. The van der Waals surface area contributed by atoms with Crippen LogP contribution in [0.3, 0.4) is 0 Å². The smallest absolute Gasteiger partial charge is 0.128 e. The van der Waals surface area contributed by atoms with Gasteiger partial charge >= 0.3 is 0 Å². The maximum Gasteiger partial charge on any atom is 0.128 e. The second-order valence-electron chi connectivity index (χ2n) is 5.06. The summed E-state index contributed by atoms with van der Waals surface area (Å²) in [4.78, 5) is 6.93. The molecule has 0 amide bonds. The third kappa shape index (κ3) is 6.42. The Morgan fingerprint density at radius 1 is 1.14 bits per heavy atom. The van der Waals surface area contributed by atoms with Crippen molar-refractivity contribution in [1.82, 2.24) is 10.3 Å². The number of hydrogen-bond donors (Lipinski definition) is 1. The monoisotopic (exact) mass is 295 g/mol. The molecule has 5 heteroatoms. The van der Waals surface area contributed by atoms with Gasteiger partial charge in [0.15, 0.2) is 0 Å². The molecule has 1 N–H and O–H groups in total. The lowest BCUT2D eigenvalue weighted by atomic mass is 10.2. The Balaban J connectivity index is 2.71. The number of methoxy groups -OCH3 is 2. The van der Waals surface area contributed by atoms with Gasteiger partial charge in [-0.15, -0.1) is 0 Å². The van der Waals surface area contributed by atoms with E-state index in [0.717, 1.165) is 44.1 Å². The molecule has 5 nitrogen and oxygen atoms in total. The summed E-state index contributed by atoms with van der Waals surface area (Å²) in [6.07, 6.45) is 1.15. The Kier molecular flexibility index (Phi) is 8.98. The van der Waals surface area contributed by atoms with Crippen molar-refractivity contribution in [3.8, 4) is 0 Å². The molecular formula is C16H29N3O2. The number of anilines is 1. The molecule has 0 aliphatic rings. The van der Waals surface area contributed by atoms with Gasteiger partial charge < -0.3 is 19.7 Å². The predicted molar refractivity (Wildman–Crippen MR) is 86.9 cm³/mol. The van der Waals surface area contributed by atoms with E-state index in [1.54, 1.807) is 14.2 Å². The van der Waals surface area contributed by atoms with Crippen molar-refractivity contribution >= 4 is 5.82 Å². The molecule has 0 saturated heterocycles. The van der Waals surface area contributed by atoms with Crippen LogP contribution in [0.1, 0.15) is 24.6 Å². The van der Waals surface area contributed by atoms with Gasteiger partial charge in [-0.05, 0) is 31.5 Å². The maximum absolute atomic E-state index is 5.17. The van der Waals surface area contributed by atoms with Crippen molar-refractivity contribution in [2.45, 2.75) is 26.8 Å². The first-order valence-electron chi connectivity index (χ1n) is 7.63. The third-order valence-electron chi connectivity index (χ3n) is 3.38. The van der Waals surface area contributed by atoms with Crippen LogP contribution in [0.15, 0.2) is 12.1 Å². The van der Waals surface area contributed by atoms with Crippen LogP contribution in [0.2, 0.25) is 0 Å². The number of aromatic nitrogens is 1. The minimum Gasteiger partial charge on any atom is -0.383 e. The molecule has 0 unspecified atom stereocenters. The number of nitrogens with one attached hydrogen (secondary N) is 1. The summed E-state index contributed by atoms with van der Waals surface area (Å²) in [5.41, 5.74) is 2.33. The topological polar surface area (TPSA) is 46.6 Å². The second-order valence-corrected chi connectivity index (χ2v) is 5.06. The summed E-state index contributed by atoms with van der Waals surface area (Å²) < 4.78 is 10.3. The number of rotatable bonds is 11. The molecule has 1 aromatic heterocycles. The Hall–Kier alpha value is -1.17. The zero-order valence-electron chi connectivity index (χ0n) is 13.8. The van der Waals surface area contributed by atoms with Crippen LogP contribution in [0.4, 0.5) is 5.82 Å². The minimum absolute atomic E-state index is 0.685. The number of nitrogens with zero attached hydrogens (tertiary/aromatic N) is 2. The lowest BCUT2D eigenvalue weighted by Gasteiger charge is -2.24. The maximum atomic E-state index is 5.17. The van der Waals surface area contributed by atoms with E-state index in [9.17, 15) is 0 Å². The summed E-state index contributed by atoms with van der Waals surface area (Å²) >= 11 is 0. The summed E-state index contributed by atoms with van der Waals surface area (Å²) in [6, 6.07) is 4.24. The van der Waals surface area contributed by atoms with E-state index < -0.39 is 0 Å². The molecule has 1 heterocycles. The number of pyridine rings is 1. The molecule has 120 valence electrons. The van der Waals surface area contributed by atoms with Crippen LogP contribution in [0.5, 0.6) is 0 Å². The van der Waals surface area contributed by atoms with Crippen LogP contribution >= 0.6 is 0 Å². The fraction of sp³-hybridized carbons (Fsp3) is 0.688. The Bertz CT molecular complexity index is 391. The largest absolute Gasteiger partial charge is 0.383 e. The second kappa shape index (κ2) is 10.5. The highest BCUT2D eigenvalue weighted by atomic mass is 16.5. The van der Waals surface area contributed by atoms with E-state index in [4.69, 9.17) is 14.5 Å². The number of aryl methyl sites for hydroxylation is 1. The minimum atomic E-state index is 0.685. The summed E-state index contributed by atoms with van der Waals surface area (Å²) in [5.74, 6) is 0.987. The summed E-state index contributed by atoms with van der Waals surface area (Å²) in [5, 5.41) is 3.42. The van der Waals surface area contributed by atoms with Crippen molar-refractivity contribution in [3.63, 3.8) is 0 Å². The lowest BCUT2D eigenvalue weighted by molar-refractivity contribution is 0.190. The fourth-order valence-electron chi connectivity index (χ4n) is 2.08. The van der Waals surface area contributed by atoms with Gasteiger partial charge in [0.25, 0.3) is 0 Å². The normalized spacial score (nSPS) is 10.9. The van der Waals surface area contributed by atoms with Crippen LogP contribution in [-0.2, 0) is 16.0 Å². The Labute approximate surface area is 128 Å². The predicted octanol–water partition coefficient (Wildman–Crippen LogP) is 1.99. The van der Waals surface area contributed by atoms with Crippen LogP contribution < -0.4 is 10.2 Å². The van der Waals surface area contributed by atoms with Crippen LogP contribution in [0, 0.1) is 6.92 Å². The average Bonchev–Trinajstić information content (AvgIpc) is 2.49. The molecule has 0 fully saturated rings. The van der Waals surface area contributed by atoms with E-state index in [-0.39, 0.29) is 0 Å². The van der Waals surface area contributed by atoms with Gasteiger partial charge in [-0.1, -0.05) is 13.0 Å². The summed E-state index contributed by atoms with van der Waals surface area (Å²) in [7, 11) is 3.44. The molecule has 0 atom stereocenters. The highest BCUT2D eigenvalue weighted by molar-refractivity contribution is 5.41. The van der Waals surface area contributed by atoms with Crippen LogP contribution in [0.25, 0.3) is 0 Å². The lowest BCUT2D eigenvalue weighted by Crippen LogP contribution is -2.31. The zero-order valence-corrected chi connectivity index (χ0v) is 13.8. The first kappa shape index (κ1) is 17.9. The standard InChI is InChI=1S/C16H29N3O2/c1-5-8-17-13-15-6-7-16(18-14(15)2)19(9-11-20-3)10-12-21-4/h6-7,17H,5,8-13H2,1-4H3. The van der Waals surface area contributed by atoms with Gasteiger partial charge in [0.2, 0.25) is 0 Å². The molecule has 0 aromatic carbocycles. The highest BCUT2D eigenvalue weighted by Crippen LogP contribution is 2.15.